The van der Waals surface area contributed by atoms with Crippen LogP contribution in [0.4, 0.5) is 0 Å². The summed E-state index contributed by atoms with van der Waals surface area (Å²) in [6.45, 7) is -0.118. The van der Waals surface area contributed by atoms with Crippen LogP contribution in [0.3, 0.4) is 0 Å². The van der Waals surface area contributed by atoms with Gasteiger partial charge in [0.05, 0.1) is 6.61 Å². The molecule has 1 aromatic heterocycles. The average Bonchev–Trinajstić information content (AvgIpc) is 2.71. The third-order valence-electron chi connectivity index (χ3n) is 2.12. The number of nitrogens with zero attached hydrogens (tertiary/aromatic N) is 1. The van der Waals surface area contributed by atoms with Gasteiger partial charge in [0, 0.05) is 11.9 Å². The molecule has 2 atom stereocenters. The minimum Gasteiger partial charge on any atom is -0.393 e. The molecule has 0 saturated carbocycles. The average molecular weight is 265 g/mol. The van der Waals surface area contributed by atoms with E-state index in [1.807, 2.05) is 0 Å². The van der Waals surface area contributed by atoms with Gasteiger partial charge in [0.2, 0.25) is 0 Å². The number of H-pyrrole nitrogens is 1. The summed E-state index contributed by atoms with van der Waals surface area (Å²) in [5, 5.41) is 8.81. The van der Waals surface area contributed by atoms with E-state index >= 15 is 0 Å². The quantitative estimate of drug-likeness (QED) is 0.771. The van der Waals surface area contributed by atoms with Gasteiger partial charge in [0.25, 0.3) is 5.56 Å². The van der Waals surface area contributed by atoms with Gasteiger partial charge in [-0.2, -0.15) is 0 Å². The van der Waals surface area contributed by atoms with Crippen molar-refractivity contribution in [1.29, 1.82) is 0 Å². The summed E-state index contributed by atoms with van der Waals surface area (Å²) >= 11 is 7.02. The summed E-state index contributed by atoms with van der Waals surface area (Å²) in [6.07, 6.45) is 0.734. The van der Waals surface area contributed by atoms with Crippen molar-refractivity contribution in [3.8, 4) is 0 Å². The number of aromatic nitrogens is 2. The van der Waals surface area contributed by atoms with Crippen LogP contribution in [0.2, 0.25) is 5.02 Å². The molecule has 2 rings (SSSR count). The van der Waals surface area contributed by atoms with E-state index in [4.69, 9.17) is 21.4 Å². The molecular weight excluding hydrogens is 256 g/mol. The second kappa shape index (κ2) is 4.62. The van der Waals surface area contributed by atoms with Gasteiger partial charge in [-0.05, 0) is 0 Å². The molecule has 16 heavy (non-hydrogen) atoms. The maximum absolute atomic E-state index is 11.5. The molecule has 6 nitrogen and oxygen atoms in total. The summed E-state index contributed by atoms with van der Waals surface area (Å²) in [6, 6.07) is 0. The molecule has 88 valence electrons. The molecule has 1 fully saturated rings. The van der Waals surface area contributed by atoms with E-state index in [1.54, 1.807) is 0 Å². The molecule has 2 heterocycles. The first kappa shape index (κ1) is 11.7. The molecule has 2 N–H and O–H groups in total. The van der Waals surface area contributed by atoms with E-state index in [1.165, 1.54) is 22.5 Å². The molecule has 0 unspecified atom stereocenters. The number of aliphatic hydroxyl groups is 1. The van der Waals surface area contributed by atoms with E-state index in [0.717, 1.165) is 0 Å². The molecular formula is C8H9ClN2O4S. The van der Waals surface area contributed by atoms with Crippen molar-refractivity contribution in [3.05, 3.63) is 32.1 Å². The van der Waals surface area contributed by atoms with E-state index in [-0.39, 0.29) is 17.1 Å². The van der Waals surface area contributed by atoms with Crippen molar-refractivity contribution in [2.24, 2.45) is 0 Å². The zero-order valence-electron chi connectivity index (χ0n) is 8.05. The Morgan fingerprint density at radius 3 is 3.06 bits per heavy atom. The summed E-state index contributed by atoms with van der Waals surface area (Å²) in [7, 11) is 0. The van der Waals surface area contributed by atoms with Gasteiger partial charge in [-0.15, -0.1) is 11.8 Å². The largest absolute Gasteiger partial charge is 0.393 e. The number of aliphatic hydroxyl groups excluding tert-OH is 1. The van der Waals surface area contributed by atoms with Crippen molar-refractivity contribution >= 4 is 23.4 Å². The Bertz CT molecular complexity index is 500. The van der Waals surface area contributed by atoms with Crippen LogP contribution in [-0.4, -0.2) is 32.5 Å². The fourth-order valence-corrected chi connectivity index (χ4v) is 2.44. The number of aromatic amines is 1. The lowest BCUT2D eigenvalue weighted by Crippen LogP contribution is -2.33. The van der Waals surface area contributed by atoms with Crippen molar-refractivity contribution in [2.45, 2.75) is 11.7 Å². The molecule has 1 saturated heterocycles. The van der Waals surface area contributed by atoms with Gasteiger partial charge in [0.15, 0.2) is 0 Å². The second-order valence-corrected chi connectivity index (χ2v) is 4.78. The van der Waals surface area contributed by atoms with Gasteiger partial charge >= 0.3 is 5.69 Å². The Kier molecular flexibility index (Phi) is 3.38. The summed E-state index contributed by atoms with van der Waals surface area (Å²) in [5.41, 5.74) is -1.53. The lowest BCUT2D eigenvalue weighted by molar-refractivity contribution is -0.00639. The Hall–Kier alpha value is -0.760. The molecule has 0 aliphatic carbocycles. The maximum Gasteiger partial charge on any atom is 0.330 e. The SMILES string of the molecule is O=c1[nH]c(=O)n([C@@H]2CS[C@@H](CO)O2)cc1Cl. The van der Waals surface area contributed by atoms with Crippen molar-refractivity contribution in [2.75, 3.05) is 12.4 Å². The van der Waals surface area contributed by atoms with Gasteiger partial charge in [-0.3, -0.25) is 14.3 Å². The number of halogens is 1. The third kappa shape index (κ3) is 2.17. The van der Waals surface area contributed by atoms with E-state index in [2.05, 4.69) is 4.98 Å². The molecule has 0 radical (unpaired) electrons. The van der Waals surface area contributed by atoms with Crippen LogP contribution in [0.25, 0.3) is 0 Å². The molecule has 1 aromatic rings. The van der Waals surface area contributed by atoms with Crippen LogP contribution in [-0.2, 0) is 4.74 Å². The number of nitrogens with one attached hydrogen (secondary N) is 1. The zero-order valence-corrected chi connectivity index (χ0v) is 9.62. The fourth-order valence-electron chi connectivity index (χ4n) is 1.36. The van der Waals surface area contributed by atoms with Crippen LogP contribution < -0.4 is 11.2 Å². The molecule has 1 aliphatic rings. The highest BCUT2D eigenvalue weighted by Gasteiger charge is 2.27. The van der Waals surface area contributed by atoms with E-state index < -0.39 is 17.5 Å². The molecule has 0 amide bonds. The standard InChI is InChI=1S/C8H9ClN2O4S/c9-4-1-11(8(14)10-7(4)13)5-3-16-6(2-12)15-5/h1,5-6,12H,2-3H2,(H,10,13,14)/t5-,6-/m0/s1. The van der Waals surface area contributed by atoms with Crippen LogP contribution in [0.15, 0.2) is 15.8 Å². The normalized spacial score (nSPS) is 24.9. The van der Waals surface area contributed by atoms with Crippen LogP contribution in [0.1, 0.15) is 6.23 Å². The lowest BCUT2D eigenvalue weighted by Gasteiger charge is -2.13. The first-order chi connectivity index (χ1) is 7.61. The highest BCUT2D eigenvalue weighted by Crippen LogP contribution is 2.30. The predicted molar refractivity (Wildman–Crippen MR) is 59.8 cm³/mol. The monoisotopic (exact) mass is 264 g/mol. The fraction of sp³-hybridized carbons (Fsp3) is 0.500. The van der Waals surface area contributed by atoms with Gasteiger partial charge < -0.3 is 9.84 Å². The van der Waals surface area contributed by atoms with Crippen molar-refractivity contribution in [3.63, 3.8) is 0 Å². The smallest absolute Gasteiger partial charge is 0.330 e. The van der Waals surface area contributed by atoms with Crippen LogP contribution >= 0.6 is 23.4 Å². The third-order valence-corrected chi connectivity index (χ3v) is 3.50. The number of hydrogen-bond donors (Lipinski definition) is 2. The van der Waals surface area contributed by atoms with Crippen molar-refractivity contribution in [1.82, 2.24) is 9.55 Å². The maximum atomic E-state index is 11.5. The Balaban J connectivity index is 2.32. The Morgan fingerprint density at radius 1 is 1.69 bits per heavy atom. The summed E-state index contributed by atoms with van der Waals surface area (Å²) in [4.78, 5) is 24.6. The van der Waals surface area contributed by atoms with Crippen molar-refractivity contribution < 1.29 is 9.84 Å². The summed E-state index contributed by atoms with van der Waals surface area (Å²) in [5.74, 6) is 0.521. The van der Waals surface area contributed by atoms with Crippen LogP contribution in [0.5, 0.6) is 0 Å². The van der Waals surface area contributed by atoms with E-state index in [0.29, 0.717) is 5.75 Å². The van der Waals surface area contributed by atoms with E-state index in [9.17, 15) is 9.59 Å². The molecule has 0 bridgehead atoms. The first-order valence-corrected chi connectivity index (χ1v) is 5.93. The lowest BCUT2D eigenvalue weighted by atomic mass is 10.5. The number of rotatable bonds is 2. The molecule has 0 aromatic carbocycles. The number of thioether (sulfide) groups is 1. The first-order valence-electron chi connectivity index (χ1n) is 4.50. The van der Waals surface area contributed by atoms with Crippen LogP contribution in [0, 0.1) is 0 Å². The highest BCUT2D eigenvalue weighted by atomic mass is 35.5. The summed E-state index contributed by atoms with van der Waals surface area (Å²) < 4.78 is 6.58. The zero-order chi connectivity index (χ0) is 11.7. The second-order valence-electron chi connectivity index (χ2n) is 3.18. The van der Waals surface area contributed by atoms with Gasteiger partial charge in [-0.25, -0.2) is 4.79 Å². The van der Waals surface area contributed by atoms with Gasteiger partial charge in [-0.1, -0.05) is 11.6 Å². The number of hydrogen-bond acceptors (Lipinski definition) is 5. The predicted octanol–water partition coefficient (Wildman–Crippen LogP) is -0.230. The molecule has 0 spiro atoms. The topological polar surface area (TPSA) is 84.3 Å². The highest BCUT2D eigenvalue weighted by molar-refractivity contribution is 8.00. The number of ether oxygens (including phenoxy) is 1. The minimum atomic E-state index is -0.618. The van der Waals surface area contributed by atoms with Gasteiger partial charge in [0.1, 0.15) is 16.7 Å². The Labute approximate surface area is 99.2 Å². The molecule has 8 heteroatoms. The minimum absolute atomic E-state index is 0.0688. The molecule has 1 aliphatic heterocycles. The Morgan fingerprint density at radius 2 is 2.44 bits per heavy atom.